The Balaban J connectivity index is 1.48. The summed E-state index contributed by atoms with van der Waals surface area (Å²) in [5.41, 5.74) is 1.00. The molecule has 26 heavy (non-hydrogen) atoms. The number of anilines is 1. The third-order valence-electron chi connectivity index (χ3n) is 4.10. The highest BCUT2D eigenvalue weighted by Gasteiger charge is 2.31. The van der Waals surface area contributed by atoms with Crippen LogP contribution >= 0.6 is 11.8 Å². The summed E-state index contributed by atoms with van der Waals surface area (Å²) in [6.45, 7) is 4.25. The van der Waals surface area contributed by atoms with Crippen molar-refractivity contribution in [2.24, 2.45) is 0 Å². The SMILES string of the molecule is CCN(CCOc1ccc(CC2SC(=O)NC2=O)cc1)c1ccccn1. The summed E-state index contributed by atoms with van der Waals surface area (Å²) in [4.78, 5) is 29.3. The maximum Gasteiger partial charge on any atom is 0.286 e. The number of thioether (sulfide) groups is 1. The molecule has 1 N–H and O–H groups in total. The first kappa shape index (κ1) is 18.3. The molecule has 1 aliphatic rings. The second kappa shape index (κ2) is 8.71. The number of pyridine rings is 1. The highest BCUT2D eigenvalue weighted by Crippen LogP contribution is 2.23. The van der Waals surface area contributed by atoms with E-state index < -0.39 is 0 Å². The fourth-order valence-electron chi connectivity index (χ4n) is 2.71. The van der Waals surface area contributed by atoms with Crippen LogP contribution in [0.3, 0.4) is 0 Å². The minimum absolute atomic E-state index is 0.213. The van der Waals surface area contributed by atoms with Gasteiger partial charge in [0.2, 0.25) is 5.91 Å². The molecule has 2 heterocycles. The van der Waals surface area contributed by atoms with E-state index in [1.54, 1.807) is 6.20 Å². The number of imide groups is 1. The number of hydrogen-bond acceptors (Lipinski definition) is 6. The highest BCUT2D eigenvalue weighted by atomic mass is 32.2. The van der Waals surface area contributed by atoms with Crippen LogP contribution in [0.1, 0.15) is 12.5 Å². The van der Waals surface area contributed by atoms with Crippen LogP contribution in [0, 0.1) is 0 Å². The molecule has 7 heteroatoms. The molecular formula is C19H21N3O3S. The fourth-order valence-corrected chi connectivity index (χ4v) is 3.57. The third-order valence-corrected chi connectivity index (χ3v) is 5.08. The van der Waals surface area contributed by atoms with Crippen LogP contribution in [0.25, 0.3) is 0 Å². The number of aromatic nitrogens is 1. The van der Waals surface area contributed by atoms with Crippen molar-refractivity contribution in [3.8, 4) is 5.75 Å². The fraction of sp³-hybridized carbons (Fsp3) is 0.316. The van der Waals surface area contributed by atoms with Gasteiger partial charge in [-0.3, -0.25) is 14.9 Å². The number of benzene rings is 1. The van der Waals surface area contributed by atoms with Crippen LogP contribution in [-0.2, 0) is 11.2 Å². The lowest BCUT2D eigenvalue weighted by atomic mass is 10.1. The number of carbonyl (C=O) groups is 2. The Hall–Kier alpha value is -2.54. The Morgan fingerprint density at radius 2 is 2.00 bits per heavy atom. The molecule has 2 amide bonds. The predicted molar refractivity (Wildman–Crippen MR) is 103 cm³/mol. The van der Waals surface area contributed by atoms with Crippen molar-refractivity contribution in [2.75, 3.05) is 24.6 Å². The first-order chi connectivity index (χ1) is 12.7. The van der Waals surface area contributed by atoms with Crippen molar-refractivity contribution < 1.29 is 14.3 Å². The van der Waals surface area contributed by atoms with Crippen molar-refractivity contribution in [3.63, 3.8) is 0 Å². The second-order valence-electron chi connectivity index (χ2n) is 5.85. The van der Waals surface area contributed by atoms with Crippen LogP contribution in [0.15, 0.2) is 48.7 Å². The molecule has 1 aromatic heterocycles. The lowest BCUT2D eigenvalue weighted by Gasteiger charge is -2.21. The van der Waals surface area contributed by atoms with E-state index in [0.717, 1.165) is 42.0 Å². The van der Waals surface area contributed by atoms with Crippen molar-refractivity contribution in [3.05, 3.63) is 54.2 Å². The number of ether oxygens (including phenoxy) is 1. The number of carbonyl (C=O) groups excluding carboxylic acids is 2. The van der Waals surface area contributed by atoms with Crippen LogP contribution in [0.5, 0.6) is 5.75 Å². The maximum atomic E-state index is 11.6. The number of likely N-dealkylation sites (N-methyl/N-ethyl adjacent to an activating group) is 1. The number of rotatable bonds is 8. The van der Waals surface area contributed by atoms with Gasteiger partial charge in [-0.1, -0.05) is 30.0 Å². The van der Waals surface area contributed by atoms with Gasteiger partial charge in [0.15, 0.2) is 0 Å². The molecule has 136 valence electrons. The molecule has 1 aliphatic heterocycles. The summed E-state index contributed by atoms with van der Waals surface area (Å²) in [7, 11) is 0. The Labute approximate surface area is 156 Å². The lowest BCUT2D eigenvalue weighted by molar-refractivity contribution is -0.118. The quantitative estimate of drug-likeness (QED) is 0.769. The van der Waals surface area contributed by atoms with Gasteiger partial charge >= 0.3 is 0 Å². The number of nitrogens with zero attached hydrogens (tertiary/aromatic N) is 2. The van der Waals surface area contributed by atoms with E-state index in [9.17, 15) is 9.59 Å². The van der Waals surface area contributed by atoms with Gasteiger partial charge in [-0.25, -0.2) is 4.98 Å². The molecule has 3 rings (SSSR count). The zero-order chi connectivity index (χ0) is 18.4. The average Bonchev–Trinajstić information content (AvgIpc) is 2.98. The number of nitrogens with one attached hydrogen (secondary N) is 1. The average molecular weight is 371 g/mol. The van der Waals surface area contributed by atoms with Gasteiger partial charge in [-0.15, -0.1) is 0 Å². The molecule has 1 fully saturated rings. The molecule has 1 saturated heterocycles. The van der Waals surface area contributed by atoms with E-state index >= 15 is 0 Å². The summed E-state index contributed by atoms with van der Waals surface area (Å²) in [6.07, 6.45) is 2.32. The van der Waals surface area contributed by atoms with Crippen LogP contribution in [0.4, 0.5) is 10.6 Å². The smallest absolute Gasteiger partial charge is 0.286 e. The number of amides is 2. The molecule has 1 atom stereocenters. The topological polar surface area (TPSA) is 71.5 Å². The normalized spacial score (nSPS) is 16.4. The largest absolute Gasteiger partial charge is 0.492 e. The molecule has 0 spiro atoms. The monoisotopic (exact) mass is 371 g/mol. The van der Waals surface area contributed by atoms with E-state index in [2.05, 4.69) is 22.1 Å². The molecule has 2 aromatic rings. The standard InChI is InChI=1S/C19H21N3O3S/c1-2-22(17-5-3-4-10-20-17)11-12-25-15-8-6-14(7-9-15)13-16-18(23)21-19(24)26-16/h3-10,16H,2,11-13H2,1H3,(H,21,23,24). The maximum absolute atomic E-state index is 11.6. The molecular weight excluding hydrogens is 350 g/mol. The van der Waals surface area contributed by atoms with E-state index in [4.69, 9.17) is 4.74 Å². The van der Waals surface area contributed by atoms with Crippen molar-refractivity contribution >= 4 is 28.7 Å². The van der Waals surface area contributed by atoms with E-state index in [1.807, 2.05) is 42.5 Å². The van der Waals surface area contributed by atoms with Crippen LogP contribution < -0.4 is 15.0 Å². The van der Waals surface area contributed by atoms with Gasteiger partial charge in [0, 0.05) is 12.7 Å². The Kier molecular flexibility index (Phi) is 6.12. The summed E-state index contributed by atoms with van der Waals surface area (Å²) in [5.74, 6) is 1.51. The third kappa shape index (κ3) is 4.76. The van der Waals surface area contributed by atoms with E-state index in [0.29, 0.717) is 13.0 Å². The van der Waals surface area contributed by atoms with Gasteiger partial charge in [0.1, 0.15) is 18.2 Å². The second-order valence-corrected chi connectivity index (χ2v) is 7.02. The van der Waals surface area contributed by atoms with Crippen molar-refractivity contribution in [1.29, 1.82) is 0 Å². The molecule has 0 radical (unpaired) electrons. The molecule has 0 saturated carbocycles. The lowest BCUT2D eigenvalue weighted by Crippen LogP contribution is -2.28. The highest BCUT2D eigenvalue weighted by molar-refractivity contribution is 8.15. The van der Waals surface area contributed by atoms with E-state index in [1.165, 1.54) is 0 Å². The van der Waals surface area contributed by atoms with Crippen molar-refractivity contribution in [2.45, 2.75) is 18.6 Å². The summed E-state index contributed by atoms with van der Waals surface area (Å²) < 4.78 is 5.81. The summed E-state index contributed by atoms with van der Waals surface area (Å²) in [6, 6.07) is 13.5. The molecule has 1 unspecified atom stereocenters. The number of hydrogen-bond donors (Lipinski definition) is 1. The van der Waals surface area contributed by atoms with Gasteiger partial charge in [0.25, 0.3) is 5.24 Å². The molecule has 1 aromatic carbocycles. The van der Waals surface area contributed by atoms with Gasteiger partial charge in [-0.2, -0.15) is 0 Å². The minimum Gasteiger partial charge on any atom is -0.492 e. The minimum atomic E-state index is -0.342. The van der Waals surface area contributed by atoms with Crippen molar-refractivity contribution in [1.82, 2.24) is 10.3 Å². The predicted octanol–water partition coefficient (Wildman–Crippen LogP) is 2.88. The van der Waals surface area contributed by atoms with Gasteiger partial charge in [-0.05, 0) is 43.2 Å². The van der Waals surface area contributed by atoms with Crippen LogP contribution in [-0.4, -0.2) is 41.1 Å². The zero-order valence-electron chi connectivity index (χ0n) is 14.6. The molecule has 0 bridgehead atoms. The summed E-state index contributed by atoms with van der Waals surface area (Å²) >= 11 is 1.05. The first-order valence-electron chi connectivity index (χ1n) is 8.55. The van der Waals surface area contributed by atoms with E-state index in [-0.39, 0.29) is 16.4 Å². The molecule has 6 nitrogen and oxygen atoms in total. The molecule has 0 aliphatic carbocycles. The zero-order valence-corrected chi connectivity index (χ0v) is 15.4. The Morgan fingerprint density at radius 1 is 1.19 bits per heavy atom. The summed E-state index contributed by atoms with van der Waals surface area (Å²) in [5, 5.41) is 1.69. The van der Waals surface area contributed by atoms with Gasteiger partial charge < -0.3 is 9.64 Å². The Morgan fingerprint density at radius 3 is 2.62 bits per heavy atom. The Bertz CT molecular complexity index is 752. The van der Waals surface area contributed by atoms with Crippen LogP contribution in [0.2, 0.25) is 0 Å². The van der Waals surface area contributed by atoms with Gasteiger partial charge in [0.05, 0.1) is 11.8 Å². The first-order valence-corrected chi connectivity index (χ1v) is 9.43.